The highest BCUT2D eigenvalue weighted by Crippen LogP contribution is 2.12. The average molecular weight is 158 g/mol. The van der Waals surface area contributed by atoms with E-state index in [4.69, 9.17) is 4.74 Å². The molecule has 0 aliphatic carbocycles. The monoisotopic (exact) mass is 158 g/mol. The van der Waals surface area contributed by atoms with E-state index in [2.05, 4.69) is 0 Å². The number of nitrogens with zero attached hydrogens (tertiary/aromatic N) is 2. The number of rotatable bonds is 1. The number of hydrogen-bond donors (Lipinski definition) is 0. The molecule has 1 atom stereocenters. The predicted octanol–water partition coefficient (Wildman–Crippen LogP) is 0.346. The molecule has 0 spiro atoms. The molecule has 4 heteroatoms. The summed E-state index contributed by atoms with van der Waals surface area (Å²) in [6.07, 6.45) is 0.841. The molecule has 0 saturated carbocycles. The maximum atomic E-state index is 11.3. The van der Waals surface area contributed by atoms with E-state index >= 15 is 0 Å². The second-order valence-electron chi connectivity index (χ2n) is 2.79. The number of ether oxygens (including phenoxy) is 1. The van der Waals surface area contributed by atoms with E-state index in [0.29, 0.717) is 0 Å². The maximum Gasteiger partial charge on any atom is 0.321 e. The summed E-state index contributed by atoms with van der Waals surface area (Å²) < 4.78 is 5.10. The van der Waals surface area contributed by atoms with E-state index in [9.17, 15) is 4.79 Å². The summed E-state index contributed by atoms with van der Waals surface area (Å²) in [6.45, 7) is 0.779. The van der Waals surface area contributed by atoms with E-state index in [1.165, 1.54) is 0 Å². The van der Waals surface area contributed by atoms with Crippen LogP contribution in [0, 0.1) is 0 Å². The van der Waals surface area contributed by atoms with Crippen molar-refractivity contribution in [3.63, 3.8) is 0 Å². The first-order valence-corrected chi connectivity index (χ1v) is 3.67. The van der Waals surface area contributed by atoms with Crippen LogP contribution in [0.1, 0.15) is 6.42 Å². The molecule has 1 aliphatic rings. The number of methoxy groups -OCH3 is 1. The molecule has 64 valence electrons. The van der Waals surface area contributed by atoms with Gasteiger partial charge in [0.15, 0.2) is 0 Å². The summed E-state index contributed by atoms with van der Waals surface area (Å²) in [7, 11) is 5.18. The Kier molecular flexibility index (Phi) is 2.34. The SMILES string of the molecule is COC1CCN(C)C(=O)N1C. The molecule has 1 fully saturated rings. The Hall–Kier alpha value is -0.770. The molecule has 0 aromatic rings. The van der Waals surface area contributed by atoms with Gasteiger partial charge in [-0.05, 0) is 0 Å². The highest BCUT2D eigenvalue weighted by molar-refractivity contribution is 5.74. The van der Waals surface area contributed by atoms with E-state index in [-0.39, 0.29) is 12.3 Å². The lowest BCUT2D eigenvalue weighted by Gasteiger charge is -2.36. The van der Waals surface area contributed by atoms with Crippen LogP contribution >= 0.6 is 0 Å². The molecule has 1 aliphatic heterocycles. The van der Waals surface area contributed by atoms with Crippen LogP contribution in [0.2, 0.25) is 0 Å². The molecule has 0 N–H and O–H groups in total. The third kappa shape index (κ3) is 1.45. The lowest BCUT2D eigenvalue weighted by atomic mass is 10.3. The van der Waals surface area contributed by atoms with Crippen LogP contribution in [-0.2, 0) is 4.74 Å². The zero-order valence-corrected chi connectivity index (χ0v) is 7.20. The number of hydrogen-bond acceptors (Lipinski definition) is 2. The first kappa shape index (κ1) is 8.33. The van der Waals surface area contributed by atoms with Crippen molar-refractivity contribution in [3.8, 4) is 0 Å². The molecule has 11 heavy (non-hydrogen) atoms. The van der Waals surface area contributed by atoms with E-state index in [1.54, 1.807) is 31.0 Å². The zero-order chi connectivity index (χ0) is 8.43. The summed E-state index contributed by atoms with van der Waals surface area (Å²) >= 11 is 0. The van der Waals surface area contributed by atoms with Gasteiger partial charge in [-0.1, -0.05) is 0 Å². The Morgan fingerprint density at radius 1 is 1.55 bits per heavy atom. The minimum atomic E-state index is -0.0429. The lowest BCUT2D eigenvalue weighted by molar-refractivity contribution is -0.0293. The van der Waals surface area contributed by atoms with Crippen molar-refractivity contribution in [2.75, 3.05) is 27.7 Å². The van der Waals surface area contributed by atoms with Crippen molar-refractivity contribution in [2.24, 2.45) is 0 Å². The molecule has 0 radical (unpaired) electrons. The largest absolute Gasteiger partial charge is 0.361 e. The zero-order valence-electron chi connectivity index (χ0n) is 7.20. The standard InChI is InChI=1S/C7H14N2O2/c1-8-5-4-6(11-3)9(2)7(8)10/h6H,4-5H2,1-3H3. The highest BCUT2D eigenvalue weighted by Gasteiger charge is 2.27. The quantitative estimate of drug-likeness (QED) is 0.551. The van der Waals surface area contributed by atoms with E-state index in [1.807, 2.05) is 0 Å². The Balaban J connectivity index is 2.59. The van der Waals surface area contributed by atoms with Gasteiger partial charge in [0, 0.05) is 34.2 Å². The van der Waals surface area contributed by atoms with Crippen LogP contribution in [-0.4, -0.2) is 49.8 Å². The van der Waals surface area contributed by atoms with Crippen molar-refractivity contribution in [3.05, 3.63) is 0 Å². The van der Waals surface area contributed by atoms with Crippen LogP contribution in [0.25, 0.3) is 0 Å². The van der Waals surface area contributed by atoms with Crippen molar-refractivity contribution in [1.82, 2.24) is 9.80 Å². The van der Waals surface area contributed by atoms with Crippen LogP contribution in [0.5, 0.6) is 0 Å². The Morgan fingerprint density at radius 2 is 2.18 bits per heavy atom. The number of urea groups is 1. The van der Waals surface area contributed by atoms with Gasteiger partial charge in [0.2, 0.25) is 0 Å². The van der Waals surface area contributed by atoms with Crippen molar-refractivity contribution < 1.29 is 9.53 Å². The molecular weight excluding hydrogens is 144 g/mol. The molecule has 4 nitrogen and oxygen atoms in total. The second kappa shape index (κ2) is 3.09. The Bertz CT molecular complexity index is 161. The average Bonchev–Trinajstić information content (AvgIpc) is 2.01. The highest BCUT2D eigenvalue weighted by atomic mass is 16.5. The molecule has 2 amide bonds. The van der Waals surface area contributed by atoms with Gasteiger partial charge in [-0.3, -0.25) is 0 Å². The van der Waals surface area contributed by atoms with Gasteiger partial charge >= 0.3 is 6.03 Å². The molecule has 0 bridgehead atoms. The van der Waals surface area contributed by atoms with Crippen LogP contribution < -0.4 is 0 Å². The van der Waals surface area contributed by atoms with Gasteiger partial charge in [0.25, 0.3) is 0 Å². The fourth-order valence-electron chi connectivity index (χ4n) is 1.26. The third-order valence-electron chi connectivity index (χ3n) is 2.04. The molecule has 0 aromatic carbocycles. The first-order valence-electron chi connectivity index (χ1n) is 3.67. The van der Waals surface area contributed by atoms with Gasteiger partial charge in [-0.25, -0.2) is 4.79 Å². The van der Waals surface area contributed by atoms with Crippen LogP contribution in [0.15, 0.2) is 0 Å². The van der Waals surface area contributed by atoms with Gasteiger partial charge in [0.1, 0.15) is 6.23 Å². The number of carbonyl (C=O) groups excluding carboxylic acids is 1. The Labute approximate surface area is 66.7 Å². The third-order valence-corrected chi connectivity index (χ3v) is 2.04. The fraction of sp³-hybridized carbons (Fsp3) is 0.857. The minimum Gasteiger partial charge on any atom is -0.361 e. The Morgan fingerprint density at radius 3 is 2.73 bits per heavy atom. The summed E-state index contributed by atoms with van der Waals surface area (Å²) in [6, 6.07) is 0.0306. The molecule has 1 rings (SSSR count). The smallest absolute Gasteiger partial charge is 0.321 e. The van der Waals surface area contributed by atoms with Gasteiger partial charge in [-0.2, -0.15) is 0 Å². The lowest BCUT2D eigenvalue weighted by Crippen LogP contribution is -2.51. The molecule has 1 unspecified atom stereocenters. The van der Waals surface area contributed by atoms with Crippen molar-refractivity contribution in [1.29, 1.82) is 0 Å². The van der Waals surface area contributed by atoms with Crippen molar-refractivity contribution >= 4 is 6.03 Å². The number of carbonyl (C=O) groups is 1. The summed E-state index contributed by atoms with van der Waals surface area (Å²) in [5.41, 5.74) is 0. The number of amides is 2. The van der Waals surface area contributed by atoms with E-state index in [0.717, 1.165) is 13.0 Å². The van der Waals surface area contributed by atoms with Crippen LogP contribution in [0.4, 0.5) is 4.79 Å². The van der Waals surface area contributed by atoms with Gasteiger partial charge < -0.3 is 14.5 Å². The minimum absolute atomic E-state index is 0.0306. The summed E-state index contributed by atoms with van der Waals surface area (Å²) in [5.74, 6) is 0. The van der Waals surface area contributed by atoms with Gasteiger partial charge in [0.05, 0.1) is 0 Å². The molecular formula is C7H14N2O2. The van der Waals surface area contributed by atoms with Crippen molar-refractivity contribution in [2.45, 2.75) is 12.6 Å². The summed E-state index contributed by atoms with van der Waals surface area (Å²) in [4.78, 5) is 14.6. The predicted molar refractivity (Wildman–Crippen MR) is 41.2 cm³/mol. The molecule has 0 aromatic heterocycles. The molecule has 1 saturated heterocycles. The maximum absolute atomic E-state index is 11.3. The van der Waals surface area contributed by atoms with Gasteiger partial charge in [-0.15, -0.1) is 0 Å². The fourth-order valence-corrected chi connectivity index (χ4v) is 1.26. The molecule has 1 heterocycles. The normalized spacial score (nSPS) is 26.1. The second-order valence-corrected chi connectivity index (χ2v) is 2.79. The summed E-state index contributed by atoms with van der Waals surface area (Å²) in [5, 5.41) is 0. The topological polar surface area (TPSA) is 32.8 Å². The first-order chi connectivity index (χ1) is 5.16. The van der Waals surface area contributed by atoms with E-state index < -0.39 is 0 Å². The van der Waals surface area contributed by atoms with Crippen LogP contribution in [0.3, 0.4) is 0 Å².